The molecule has 17 heavy (non-hydrogen) atoms. The van der Waals surface area contributed by atoms with Gasteiger partial charge in [-0.15, -0.1) is 0 Å². The lowest BCUT2D eigenvalue weighted by Gasteiger charge is -2.15. The summed E-state index contributed by atoms with van der Waals surface area (Å²) in [6.45, 7) is 6.67. The molecule has 0 bridgehead atoms. The van der Waals surface area contributed by atoms with E-state index in [1.165, 1.54) is 0 Å². The van der Waals surface area contributed by atoms with Crippen LogP contribution in [0.5, 0.6) is 0 Å². The van der Waals surface area contributed by atoms with Gasteiger partial charge in [-0.05, 0) is 29.7 Å². The van der Waals surface area contributed by atoms with E-state index < -0.39 is 0 Å². The Morgan fingerprint density at radius 3 is 2.12 bits per heavy atom. The minimum Gasteiger partial charge on any atom is -0.265 e. The summed E-state index contributed by atoms with van der Waals surface area (Å²) >= 11 is 0. The molecule has 0 saturated carbocycles. The molecular weight excluding hydrogens is 208 g/mol. The van der Waals surface area contributed by atoms with Crippen LogP contribution in [0.1, 0.15) is 32.4 Å². The Balaban J connectivity index is 2.25. The van der Waals surface area contributed by atoms with Crippen LogP contribution in [0.3, 0.4) is 0 Å². The highest BCUT2D eigenvalue weighted by molar-refractivity contribution is 5.61. The molecule has 2 heteroatoms. The fraction of sp³-hybridized carbons (Fsp3) is 0.333. The molecule has 2 heterocycles. The molecule has 0 radical (unpaired) electrons. The minimum atomic E-state index is 0.501. The Labute approximate surface area is 103 Å². The highest BCUT2D eigenvalue weighted by atomic mass is 14.7. The average molecular weight is 226 g/mol. The molecule has 1 unspecified atom stereocenters. The summed E-state index contributed by atoms with van der Waals surface area (Å²) in [6, 6.07) is 8.27. The second kappa shape index (κ2) is 5.09. The first-order valence-electron chi connectivity index (χ1n) is 6.05. The van der Waals surface area contributed by atoms with E-state index in [-0.39, 0.29) is 0 Å². The first-order chi connectivity index (χ1) is 8.18. The molecule has 0 aliphatic heterocycles. The van der Waals surface area contributed by atoms with E-state index in [0.29, 0.717) is 11.8 Å². The molecule has 0 spiro atoms. The first kappa shape index (κ1) is 11.8. The van der Waals surface area contributed by atoms with Crippen molar-refractivity contribution in [1.29, 1.82) is 0 Å². The minimum absolute atomic E-state index is 0.501. The highest BCUT2D eigenvalue weighted by Crippen LogP contribution is 2.24. The van der Waals surface area contributed by atoms with Crippen molar-refractivity contribution >= 4 is 0 Å². The molecular formula is C15H18N2. The molecule has 0 aliphatic carbocycles. The van der Waals surface area contributed by atoms with Crippen LogP contribution in [0, 0.1) is 5.92 Å². The molecule has 1 atom stereocenters. The standard InChI is InChI=1S/C15H18N2/c1-11(2)12(3)15-5-4-14(10-17-15)13-6-8-16-9-7-13/h4-12H,1-3H3. The summed E-state index contributed by atoms with van der Waals surface area (Å²) in [6.07, 6.45) is 5.56. The van der Waals surface area contributed by atoms with Crippen LogP contribution in [0.4, 0.5) is 0 Å². The van der Waals surface area contributed by atoms with Gasteiger partial charge >= 0.3 is 0 Å². The number of pyridine rings is 2. The SMILES string of the molecule is CC(C)C(C)c1ccc(-c2ccncc2)cn1. The monoisotopic (exact) mass is 226 g/mol. The lowest BCUT2D eigenvalue weighted by Crippen LogP contribution is -2.03. The van der Waals surface area contributed by atoms with Crippen molar-refractivity contribution in [2.45, 2.75) is 26.7 Å². The maximum atomic E-state index is 4.56. The number of hydrogen-bond acceptors (Lipinski definition) is 2. The summed E-state index contributed by atoms with van der Waals surface area (Å²) in [5, 5.41) is 0. The third-order valence-electron chi connectivity index (χ3n) is 3.27. The van der Waals surface area contributed by atoms with Crippen LogP contribution in [0.15, 0.2) is 42.9 Å². The van der Waals surface area contributed by atoms with Crippen LogP contribution in [-0.2, 0) is 0 Å². The van der Waals surface area contributed by atoms with Gasteiger partial charge in [-0.1, -0.05) is 26.8 Å². The molecule has 2 aromatic rings. The van der Waals surface area contributed by atoms with Gasteiger partial charge in [0.05, 0.1) is 0 Å². The van der Waals surface area contributed by atoms with E-state index in [2.05, 4.69) is 42.9 Å². The van der Waals surface area contributed by atoms with Crippen LogP contribution in [0.25, 0.3) is 11.1 Å². The number of aromatic nitrogens is 2. The first-order valence-corrected chi connectivity index (χ1v) is 6.05. The normalized spacial score (nSPS) is 12.7. The molecule has 2 nitrogen and oxygen atoms in total. The van der Waals surface area contributed by atoms with Gasteiger partial charge in [0.1, 0.15) is 0 Å². The molecule has 88 valence electrons. The van der Waals surface area contributed by atoms with Gasteiger partial charge in [0, 0.05) is 35.8 Å². The van der Waals surface area contributed by atoms with Crippen LogP contribution in [-0.4, -0.2) is 9.97 Å². The Bertz CT molecular complexity index is 460. The largest absolute Gasteiger partial charge is 0.265 e. The summed E-state index contributed by atoms with van der Waals surface area (Å²) < 4.78 is 0. The van der Waals surface area contributed by atoms with Crippen molar-refractivity contribution in [2.24, 2.45) is 5.92 Å². The topological polar surface area (TPSA) is 25.8 Å². The molecule has 2 aromatic heterocycles. The molecule has 2 rings (SSSR count). The van der Waals surface area contributed by atoms with E-state index in [0.717, 1.165) is 16.8 Å². The van der Waals surface area contributed by atoms with Crippen molar-refractivity contribution < 1.29 is 0 Å². The number of nitrogens with zero attached hydrogens (tertiary/aromatic N) is 2. The van der Waals surface area contributed by atoms with Gasteiger partial charge in [0.25, 0.3) is 0 Å². The van der Waals surface area contributed by atoms with Gasteiger partial charge < -0.3 is 0 Å². The molecule has 0 aromatic carbocycles. The van der Waals surface area contributed by atoms with E-state index in [1.54, 1.807) is 12.4 Å². The van der Waals surface area contributed by atoms with Crippen LogP contribution in [0.2, 0.25) is 0 Å². The summed E-state index contributed by atoms with van der Waals surface area (Å²) in [5.41, 5.74) is 3.47. The van der Waals surface area contributed by atoms with Gasteiger partial charge in [0.2, 0.25) is 0 Å². The zero-order chi connectivity index (χ0) is 12.3. The summed E-state index contributed by atoms with van der Waals surface area (Å²) in [5.74, 6) is 1.12. The predicted octanol–water partition coefficient (Wildman–Crippen LogP) is 3.90. The van der Waals surface area contributed by atoms with E-state index in [1.807, 2.05) is 18.3 Å². The van der Waals surface area contributed by atoms with Crippen molar-refractivity contribution in [3.05, 3.63) is 48.5 Å². The third-order valence-corrected chi connectivity index (χ3v) is 3.27. The van der Waals surface area contributed by atoms with E-state index in [4.69, 9.17) is 0 Å². The molecule has 0 N–H and O–H groups in total. The van der Waals surface area contributed by atoms with Crippen LogP contribution >= 0.6 is 0 Å². The highest BCUT2D eigenvalue weighted by Gasteiger charge is 2.11. The Morgan fingerprint density at radius 2 is 1.59 bits per heavy atom. The summed E-state index contributed by atoms with van der Waals surface area (Å²) in [4.78, 5) is 8.58. The lowest BCUT2D eigenvalue weighted by atomic mass is 9.94. The maximum Gasteiger partial charge on any atom is 0.0434 e. The van der Waals surface area contributed by atoms with Crippen molar-refractivity contribution in [2.75, 3.05) is 0 Å². The van der Waals surface area contributed by atoms with Crippen molar-refractivity contribution in [3.8, 4) is 11.1 Å². The van der Waals surface area contributed by atoms with Gasteiger partial charge in [-0.2, -0.15) is 0 Å². The second-order valence-corrected chi connectivity index (χ2v) is 4.74. The number of rotatable bonds is 3. The fourth-order valence-corrected chi connectivity index (χ4v) is 1.73. The summed E-state index contributed by atoms with van der Waals surface area (Å²) in [7, 11) is 0. The number of hydrogen-bond donors (Lipinski definition) is 0. The second-order valence-electron chi connectivity index (χ2n) is 4.74. The zero-order valence-electron chi connectivity index (χ0n) is 10.6. The van der Waals surface area contributed by atoms with E-state index >= 15 is 0 Å². The van der Waals surface area contributed by atoms with E-state index in [9.17, 15) is 0 Å². The quantitative estimate of drug-likeness (QED) is 0.793. The fourth-order valence-electron chi connectivity index (χ4n) is 1.73. The Morgan fingerprint density at radius 1 is 0.882 bits per heavy atom. The van der Waals surface area contributed by atoms with Crippen molar-refractivity contribution in [1.82, 2.24) is 9.97 Å². The van der Waals surface area contributed by atoms with Gasteiger partial charge in [-0.25, -0.2) is 0 Å². The van der Waals surface area contributed by atoms with Gasteiger partial charge in [0.15, 0.2) is 0 Å². The smallest absolute Gasteiger partial charge is 0.0434 e. The Kier molecular flexibility index (Phi) is 3.52. The van der Waals surface area contributed by atoms with Crippen LogP contribution < -0.4 is 0 Å². The lowest BCUT2D eigenvalue weighted by molar-refractivity contribution is 0.524. The molecule has 0 aliphatic rings. The van der Waals surface area contributed by atoms with Gasteiger partial charge in [-0.3, -0.25) is 9.97 Å². The molecule has 0 amide bonds. The third kappa shape index (κ3) is 2.70. The molecule has 0 saturated heterocycles. The van der Waals surface area contributed by atoms with Crippen molar-refractivity contribution in [3.63, 3.8) is 0 Å². The Hall–Kier alpha value is -1.70. The average Bonchev–Trinajstić information content (AvgIpc) is 2.39. The maximum absolute atomic E-state index is 4.56. The predicted molar refractivity (Wildman–Crippen MR) is 70.7 cm³/mol. The zero-order valence-corrected chi connectivity index (χ0v) is 10.6. The molecule has 0 fully saturated rings.